The quantitative estimate of drug-likeness (QED) is 0.563. The van der Waals surface area contributed by atoms with Crippen molar-refractivity contribution in [3.8, 4) is 0 Å². The van der Waals surface area contributed by atoms with Crippen LogP contribution in [-0.2, 0) is 17.8 Å². The maximum atomic E-state index is 9.95. The Bertz CT molecular complexity index is 219. The molecule has 0 saturated heterocycles. The number of rotatable bonds is 3. The van der Waals surface area contributed by atoms with Crippen LogP contribution in [-0.4, -0.2) is 21.4 Å². The van der Waals surface area contributed by atoms with Gasteiger partial charge in [-0.3, -0.25) is 0 Å². The van der Waals surface area contributed by atoms with E-state index in [1.54, 1.807) is 6.20 Å². The number of hydrogen-bond acceptors (Lipinski definition) is 3. The fourth-order valence-electron chi connectivity index (χ4n) is 0.669. The topological polar surface area (TPSA) is 66.0 Å². The number of H-pyrrole nitrogens is 1. The predicted octanol–water partition coefficient (Wildman–Crippen LogP) is -0.357. The van der Waals surface area contributed by atoms with E-state index in [0.717, 1.165) is 6.29 Å². The van der Waals surface area contributed by atoms with Crippen LogP contribution in [0.5, 0.6) is 0 Å². The lowest BCUT2D eigenvalue weighted by Crippen LogP contribution is -1.88. The molecular formula is C6H8N2O2. The molecule has 0 aliphatic carbocycles. The van der Waals surface area contributed by atoms with Crippen molar-refractivity contribution in [2.45, 2.75) is 13.0 Å². The summed E-state index contributed by atoms with van der Waals surface area (Å²) in [6.45, 7) is -0.0879. The maximum absolute atomic E-state index is 9.95. The molecule has 1 aromatic heterocycles. The number of aldehydes is 1. The van der Waals surface area contributed by atoms with E-state index in [2.05, 4.69) is 9.97 Å². The van der Waals surface area contributed by atoms with Crippen LogP contribution < -0.4 is 0 Å². The van der Waals surface area contributed by atoms with Crippen molar-refractivity contribution in [3.05, 3.63) is 17.7 Å². The standard InChI is InChI=1S/C6H8N2O2/c9-2-1-6-7-3-5(4-10)8-6/h2-3,10H,1,4H2,(H,7,8). The van der Waals surface area contributed by atoms with Crippen LogP contribution in [0.4, 0.5) is 0 Å². The Morgan fingerprint density at radius 1 is 1.80 bits per heavy atom. The second-order valence-electron chi connectivity index (χ2n) is 1.87. The Hall–Kier alpha value is -1.16. The summed E-state index contributed by atoms with van der Waals surface area (Å²) in [6.07, 6.45) is 2.62. The van der Waals surface area contributed by atoms with Crippen molar-refractivity contribution in [1.82, 2.24) is 9.97 Å². The van der Waals surface area contributed by atoms with Crippen molar-refractivity contribution in [2.24, 2.45) is 0 Å². The number of aromatic nitrogens is 2. The van der Waals surface area contributed by atoms with Gasteiger partial charge in [0.05, 0.1) is 18.7 Å². The van der Waals surface area contributed by atoms with Crippen LogP contribution >= 0.6 is 0 Å². The van der Waals surface area contributed by atoms with Crippen LogP contribution in [0.15, 0.2) is 6.20 Å². The summed E-state index contributed by atoms with van der Waals surface area (Å²) in [7, 11) is 0. The number of aliphatic hydroxyl groups is 1. The molecule has 10 heavy (non-hydrogen) atoms. The Morgan fingerprint density at radius 3 is 3.10 bits per heavy atom. The van der Waals surface area contributed by atoms with Gasteiger partial charge in [0.15, 0.2) is 0 Å². The Kier molecular flexibility index (Phi) is 2.17. The van der Waals surface area contributed by atoms with Gasteiger partial charge in [-0.2, -0.15) is 0 Å². The first-order chi connectivity index (χ1) is 4.86. The molecule has 0 amide bonds. The molecule has 4 heteroatoms. The summed E-state index contributed by atoms with van der Waals surface area (Å²) in [5.74, 6) is 0.596. The molecule has 0 radical (unpaired) electrons. The summed E-state index contributed by atoms with van der Waals surface area (Å²) >= 11 is 0. The normalized spacial score (nSPS) is 9.70. The number of aromatic amines is 1. The number of imidazole rings is 1. The third-order valence-electron chi connectivity index (χ3n) is 1.12. The largest absolute Gasteiger partial charge is 0.390 e. The molecule has 0 bridgehead atoms. The molecule has 1 heterocycles. The highest BCUT2D eigenvalue weighted by atomic mass is 16.3. The van der Waals surface area contributed by atoms with Crippen LogP contribution in [0.25, 0.3) is 0 Å². The number of aliphatic hydroxyl groups excluding tert-OH is 1. The average Bonchev–Trinajstić information content (AvgIpc) is 2.37. The summed E-state index contributed by atoms with van der Waals surface area (Å²) in [6, 6.07) is 0. The third-order valence-corrected chi connectivity index (χ3v) is 1.12. The Morgan fingerprint density at radius 2 is 2.60 bits per heavy atom. The van der Waals surface area contributed by atoms with Gasteiger partial charge < -0.3 is 14.9 Å². The molecule has 0 aromatic carbocycles. The van der Waals surface area contributed by atoms with Crippen molar-refractivity contribution in [1.29, 1.82) is 0 Å². The highest BCUT2D eigenvalue weighted by molar-refractivity contribution is 5.52. The van der Waals surface area contributed by atoms with Crippen molar-refractivity contribution >= 4 is 6.29 Å². The van der Waals surface area contributed by atoms with Gasteiger partial charge in [0.2, 0.25) is 0 Å². The molecule has 0 atom stereocenters. The highest BCUT2D eigenvalue weighted by Crippen LogP contribution is 1.95. The van der Waals surface area contributed by atoms with E-state index in [1.165, 1.54) is 0 Å². The number of hydrogen-bond donors (Lipinski definition) is 2. The smallest absolute Gasteiger partial charge is 0.127 e. The predicted molar refractivity (Wildman–Crippen MR) is 34.3 cm³/mol. The summed E-state index contributed by atoms with van der Waals surface area (Å²) in [5, 5.41) is 8.55. The molecule has 54 valence electrons. The zero-order valence-electron chi connectivity index (χ0n) is 5.37. The van der Waals surface area contributed by atoms with E-state index in [1.807, 2.05) is 0 Å². The minimum Gasteiger partial charge on any atom is -0.390 e. The lowest BCUT2D eigenvalue weighted by Gasteiger charge is -1.82. The maximum Gasteiger partial charge on any atom is 0.127 e. The molecule has 1 rings (SSSR count). The molecule has 0 fully saturated rings. The van der Waals surface area contributed by atoms with Gasteiger partial charge in [-0.25, -0.2) is 4.98 Å². The van der Waals surface area contributed by atoms with Gasteiger partial charge in [-0.15, -0.1) is 0 Å². The zero-order chi connectivity index (χ0) is 7.40. The van der Waals surface area contributed by atoms with Crippen molar-refractivity contribution in [3.63, 3.8) is 0 Å². The van der Waals surface area contributed by atoms with Gasteiger partial charge in [-0.1, -0.05) is 0 Å². The minimum atomic E-state index is -0.0879. The van der Waals surface area contributed by atoms with Gasteiger partial charge in [0.1, 0.15) is 12.1 Å². The molecule has 0 unspecified atom stereocenters. The molecule has 0 aliphatic heterocycles. The van der Waals surface area contributed by atoms with Crippen molar-refractivity contribution < 1.29 is 9.90 Å². The van der Waals surface area contributed by atoms with E-state index in [0.29, 0.717) is 11.5 Å². The van der Waals surface area contributed by atoms with Crippen LogP contribution in [0.2, 0.25) is 0 Å². The Labute approximate surface area is 57.9 Å². The monoisotopic (exact) mass is 140 g/mol. The fourth-order valence-corrected chi connectivity index (χ4v) is 0.669. The molecule has 4 nitrogen and oxygen atoms in total. The minimum absolute atomic E-state index is 0.0879. The molecule has 0 aliphatic rings. The van der Waals surface area contributed by atoms with E-state index < -0.39 is 0 Å². The third kappa shape index (κ3) is 1.41. The van der Waals surface area contributed by atoms with Crippen molar-refractivity contribution in [2.75, 3.05) is 0 Å². The SMILES string of the molecule is O=CCc1nc(CO)c[nH]1. The van der Waals surface area contributed by atoms with Gasteiger partial charge in [0, 0.05) is 6.20 Å². The molecule has 2 N–H and O–H groups in total. The van der Waals surface area contributed by atoms with Gasteiger partial charge >= 0.3 is 0 Å². The first-order valence-corrected chi connectivity index (χ1v) is 2.94. The molecule has 0 spiro atoms. The Balaban J connectivity index is 2.67. The summed E-state index contributed by atoms with van der Waals surface area (Å²) in [4.78, 5) is 16.6. The molecular weight excluding hydrogens is 132 g/mol. The highest BCUT2D eigenvalue weighted by Gasteiger charge is 1.96. The van der Waals surface area contributed by atoms with Gasteiger partial charge in [-0.05, 0) is 0 Å². The number of carbonyl (C=O) groups excluding carboxylic acids is 1. The van der Waals surface area contributed by atoms with Gasteiger partial charge in [0.25, 0.3) is 0 Å². The zero-order valence-corrected chi connectivity index (χ0v) is 5.37. The number of nitrogens with one attached hydrogen (secondary N) is 1. The van der Waals surface area contributed by atoms with E-state index in [9.17, 15) is 4.79 Å². The van der Waals surface area contributed by atoms with E-state index >= 15 is 0 Å². The molecule has 0 saturated carbocycles. The fraction of sp³-hybridized carbons (Fsp3) is 0.333. The lowest BCUT2D eigenvalue weighted by molar-refractivity contribution is -0.107. The summed E-state index contributed by atoms with van der Waals surface area (Å²) in [5.41, 5.74) is 0.567. The van der Waals surface area contributed by atoms with Crippen LogP contribution in [0.1, 0.15) is 11.5 Å². The van der Waals surface area contributed by atoms with Crippen LogP contribution in [0, 0.1) is 0 Å². The second kappa shape index (κ2) is 3.12. The van der Waals surface area contributed by atoms with E-state index in [4.69, 9.17) is 5.11 Å². The molecule has 1 aromatic rings. The average molecular weight is 140 g/mol. The second-order valence-corrected chi connectivity index (χ2v) is 1.87. The summed E-state index contributed by atoms with van der Waals surface area (Å²) < 4.78 is 0. The number of carbonyl (C=O) groups is 1. The first-order valence-electron chi connectivity index (χ1n) is 2.94. The van der Waals surface area contributed by atoms with Crippen LogP contribution in [0.3, 0.4) is 0 Å². The first kappa shape index (κ1) is 6.95. The van der Waals surface area contributed by atoms with E-state index in [-0.39, 0.29) is 13.0 Å². The number of nitrogens with zero attached hydrogens (tertiary/aromatic N) is 1. The lowest BCUT2D eigenvalue weighted by atomic mass is 10.4.